The zero-order valence-electron chi connectivity index (χ0n) is 27.5. The van der Waals surface area contributed by atoms with Crippen molar-refractivity contribution < 1.29 is 27.9 Å². The van der Waals surface area contributed by atoms with Crippen molar-refractivity contribution >= 4 is 12.4 Å². The Kier molecular flexibility index (Phi) is 14.5. The quantitative estimate of drug-likeness (QED) is 0.171. The number of aryl methyl sites for hydroxylation is 3. The molecule has 9 nitrogen and oxygen atoms in total. The Bertz CT molecular complexity index is 1640. The topological polar surface area (TPSA) is 109 Å². The van der Waals surface area contributed by atoms with Crippen molar-refractivity contribution in [3.63, 3.8) is 0 Å². The minimum absolute atomic E-state index is 0.0493. The van der Waals surface area contributed by atoms with Gasteiger partial charge >= 0.3 is 6.18 Å². The number of alkyl halides is 3. The van der Waals surface area contributed by atoms with Crippen LogP contribution in [0.4, 0.5) is 13.2 Å². The lowest BCUT2D eigenvalue weighted by Gasteiger charge is -2.27. The highest BCUT2D eigenvalue weighted by Gasteiger charge is 2.30. The van der Waals surface area contributed by atoms with E-state index in [1.807, 2.05) is 61.5 Å². The second-order valence-corrected chi connectivity index (χ2v) is 11.0. The van der Waals surface area contributed by atoms with E-state index in [0.29, 0.717) is 56.0 Å². The summed E-state index contributed by atoms with van der Waals surface area (Å²) in [6, 6.07) is 22.5. The van der Waals surface area contributed by atoms with Crippen molar-refractivity contribution in [2.75, 3.05) is 26.2 Å². The van der Waals surface area contributed by atoms with Gasteiger partial charge in [0.2, 0.25) is 5.91 Å². The van der Waals surface area contributed by atoms with Crippen molar-refractivity contribution in [1.29, 1.82) is 0 Å². The molecule has 0 radical (unpaired) electrons. The van der Waals surface area contributed by atoms with Crippen LogP contribution in [-0.4, -0.2) is 68.2 Å². The number of rotatable bonds is 14. The van der Waals surface area contributed by atoms with Crippen LogP contribution in [0.3, 0.4) is 0 Å². The van der Waals surface area contributed by atoms with Crippen LogP contribution >= 0.6 is 0 Å². The molecule has 1 aromatic heterocycles. The number of benzene rings is 3. The number of carbonyl (C=O) groups is 2. The molecule has 1 N–H and O–H groups in total. The summed E-state index contributed by atoms with van der Waals surface area (Å²) in [5.74, 6) is 0.328. The molecule has 48 heavy (non-hydrogen) atoms. The van der Waals surface area contributed by atoms with E-state index in [4.69, 9.17) is 9.90 Å². The second-order valence-electron chi connectivity index (χ2n) is 11.0. The van der Waals surface area contributed by atoms with Gasteiger partial charge < -0.3 is 14.9 Å². The number of aromatic nitrogens is 3. The number of amides is 1. The summed E-state index contributed by atoms with van der Waals surface area (Å²) < 4.78 is 40.5. The Balaban J connectivity index is 0.00000201. The standard InChI is InChI=1S/C35H40F3N5O2.CH2O2/c1-4-31-34(45)39-32(21-14-26-10-8-7-9-11-26)43(40-31)25-33(44)42(23-22-41(5-2)6-3)24-27-12-15-28(16-13-27)29-17-19-30(20-18-29)35(36,37)38;2-1-3/h7-13,15-20H,4-6,14,21-25H2,1-3H3;1H,(H,2,3). The van der Waals surface area contributed by atoms with Crippen LogP contribution in [0.25, 0.3) is 11.1 Å². The number of likely N-dealkylation sites (N-methyl/N-ethyl adjacent to an activating group) is 1. The van der Waals surface area contributed by atoms with E-state index in [1.54, 1.807) is 9.58 Å². The number of hydrogen-bond acceptors (Lipinski definition) is 6. The summed E-state index contributed by atoms with van der Waals surface area (Å²) in [7, 11) is 0. The molecular formula is C36H42F3N5O4. The van der Waals surface area contributed by atoms with Crippen molar-refractivity contribution in [2.24, 2.45) is 0 Å². The van der Waals surface area contributed by atoms with Gasteiger partial charge in [-0.15, -0.1) is 0 Å². The molecule has 0 unspecified atom stereocenters. The Morgan fingerprint density at radius 2 is 1.44 bits per heavy atom. The molecule has 1 heterocycles. The number of hydrogen-bond donors (Lipinski definition) is 1. The lowest BCUT2D eigenvalue weighted by Crippen LogP contribution is -2.41. The molecule has 4 aromatic rings. The Morgan fingerprint density at radius 3 is 1.98 bits per heavy atom. The van der Waals surface area contributed by atoms with Crippen molar-refractivity contribution in [3.8, 4) is 11.1 Å². The van der Waals surface area contributed by atoms with Crippen molar-refractivity contribution in [3.05, 3.63) is 117 Å². The van der Waals surface area contributed by atoms with Gasteiger partial charge in [-0.25, -0.2) is 4.68 Å². The summed E-state index contributed by atoms with van der Waals surface area (Å²) >= 11 is 0. The van der Waals surface area contributed by atoms with Gasteiger partial charge in [-0.2, -0.15) is 23.3 Å². The van der Waals surface area contributed by atoms with Crippen LogP contribution in [0, 0.1) is 0 Å². The third-order valence-corrected chi connectivity index (χ3v) is 7.92. The summed E-state index contributed by atoms with van der Waals surface area (Å²) in [5.41, 5.74) is 2.72. The highest BCUT2D eigenvalue weighted by Crippen LogP contribution is 2.31. The van der Waals surface area contributed by atoms with E-state index in [-0.39, 0.29) is 24.5 Å². The van der Waals surface area contributed by atoms with E-state index in [1.165, 1.54) is 12.1 Å². The second kappa shape index (κ2) is 18.5. The number of halogens is 3. The largest absolute Gasteiger partial charge is 0.483 e. The van der Waals surface area contributed by atoms with Crippen LogP contribution in [0.2, 0.25) is 0 Å². The fourth-order valence-corrected chi connectivity index (χ4v) is 5.12. The molecule has 0 bridgehead atoms. The van der Waals surface area contributed by atoms with Gasteiger partial charge in [-0.05, 0) is 60.3 Å². The summed E-state index contributed by atoms with van der Waals surface area (Å²) in [4.78, 5) is 43.2. The zero-order chi connectivity index (χ0) is 35.1. The molecular weight excluding hydrogens is 623 g/mol. The molecule has 256 valence electrons. The first-order valence-corrected chi connectivity index (χ1v) is 15.9. The van der Waals surface area contributed by atoms with Gasteiger partial charge in [0, 0.05) is 26.1 Å². The van der Waals surface area contributed by atoms with Gasteiger partial charge in [0.05, 0.1) is 5.56 Å². The maximum atomic E-state index is 13.9. The molecule has 0 saturated heterocycles. The number of carboxylic acid groups (broad SMARTS) is 1. The third kappa shape index (κ3) is 11.2. The Hall–Kier alpha value is -4.84. The van der Waals surface area contributed by atoms with E-state index in [0.717, 1.165) is 41.9 Å². The predicted octanol–water partition coefficient (Wildman–Crippen LogP) is 5.74. The number of carbonyl (C=O) groups excluding carboxylic acids is 1. The molecule has 0 aliphatic rings. The summed E-state index contributed by atoms with van der Waals surface area (Å²) in [6.45, 7) is 8.95. The first-order chi connectivity index (χ1) is 23.0. The molecule has 0 aliphatic carbocycles. The highest BCUT2D eigenvalue weighted by atomic mass is 19.4. The van der Waals surface area contributed by atoms with Gasteiger partial charge in [0.15, 0.2) is 0 Å². The predicted molar refractivity (Wildman–Crippen MR) is 178 cm³/mol. The summed E-state index contributed by atoms with van der Waals surface area (Å²) in [6.07, 6.45) is -2.85. The minimum Gasteiger partial charge on any atom is -0.483 e. The smallest absolute Gasteiger partial charge is 0.416 e. The molecule has 4 rings (SSSR count). The van der Waals surface area contributed by atoms with Crippen LogP contribution in [0.5, 0.6) is 0 Å². The maximum Gasteiger partial charge on any atom is 0.416 e. The average molecular weight is 666 g/mol. The highest BCUT2D eigenvalue weighted by molar-refractivity contribution is 5.76. The third-order valence-electron chi connectivity index (χ3n) is 7.92. The molecule has 0 saturated carbocycles. The lowest BCUT2D eigenvalue weighted by atomic mass is 10.0. The average Bonchev–Trinajstić information content (AvgIpc) is 3.08. The maximum absolute atomic E-state index is 13.9. The molecule has 3 aromatic carbocycles. The number of nitrogens with zero attached hydrogens (tertiary/aromatic N) is 5. The monoisotopic (exact) mass is 665 g/mol. The van der Waals surface area contributed by atoms with E-state index >= 15 is 0 Å². The lowest BCUT2D eigenvalue weighted by molar-refractivity contribution is -0.137. The normalized spacial score (nSPS) is 11.1. The van der Waals surface area contributed by atoms with Crippen LogP contribution in [-0.2, 0) is 48.1 Å². The fraction of sp³-hybridized carbons (Fsp3) is 0.361. The minimum atomic E-state index is -4.38. The fourth-order valence-electron chi connectivity index (χ4n) is 5.12. The zero-order valence-corrected chi connectivity index (χ0v) is 27.5. The molecule has 1 amide bonds. The molecule has 0 fully saturated rings. The molecule has 12 heteroatoms. The van der Waals surface area contributed by atoms with Crippen molar-refractivity contribution in [2.45, 2.75) is 59.3 Å². The van der Waals surface area contributed by atoms with E-state index < -0.39 is 11.7 Å². The van der Waals surface area contributed by atoms with Gasteiger partial charge in [0.25, 0.3) is 12.0 Å². The van der Waals surface area contributed by atoms with Crippen LogP contribution in [0.15, 0.2) is 83.7 Å². The van der Waals surface area contributed by atoms with Gasteiger partial charge in [-0.1, -0.05) is 87.5 Å². The van der Waals surface area contributed by atoms with Crippen LogP contribution in [0.1, 0.15) is 49.0 Å². The Labute approximate surface area is 278 Å². The molecule has 0 atom stereocenters. The molecule has 0 spiro atoms. The first kappa shape index (κ1) is 37.6. The Morgan fingerprint density at radius 1 is 0.854 bits per heavy atom. The molecule has 0 aliphatic heterocycles. The van der Waals surface area contributed by atoms with E-state index in [9.17, 15) is 22.8 Å². The SMILES string of the molecule is CCc1nn(CC(=O)N(CCN(CC)CC)Cc2ccc(-c3ccc(C(F)(F)F)cc3)cc2)c(CCc2ccccc2)nc1=O.O=CO. The summed E-state index contributed by atoms with van der Waals surface area (Å²) in [5, 5.41) is 11.4. The van der Waals surface area contributed by atoms with E-state index in [2.05, 4.69) is 28.8 Å². The van der Waals surface area contributed by atoms with Gasteiger partial charge in [0.1, 0.15) is 18.1 Å². The first-order valence-electron chi connectivity index (χ1n) is 15.9. The van der Waals surface area contributed by atoms with Crippen molar-refractivity contribution in [1.82, 2.24) is 24.6 Å². The van der Waals surface area contributed by atoms with Gasteiger partial charge in [-0.3, -0.25) is 14.4 Å². The van der Waals surface area contributed by atoms with Crippen LogP contribution < -0.4 is 5.56 Å².